The number of rotatable bonds is 9. The van der Waals surface area contributed by atoms with E-state index in [4.69, 9.17) is 0 Å². The lowest BCUT2D eigenvalue weighted by molar-refractivity contribution is -0.140. The highest BCUT2D eigenvalue weighted by Crippen LogP contribution is 2.33. The first-order valence-corrected chi connectivity index (χ1v) is 14.8. The van der Waals surface area contributed by atoms with E-state index in [9.17, 15) is 31.2 Å². The normalized spacial score (nSPS) is 12.9. The van der Waals surface area contributed by atoms with Crippen molar-refractivity contribution in [3.05, 3.63) is 95.1 Å². The molecule has 0 aliphatic carbocycles. The molecule has 226 valence electrons. The van der Waals surface area contributed by atoms with Crippen molar-refractivity contribution in [1.82, 2.24) is 10.2 Å². The minimum Gasteiger partial charge on any atom is -0.350 e. The number of alkyl halides is 3. The van der Waals surface area contributed by atoms with E-state index in [1.165, 1.54) is 30.0 Å². The van der Waals surface area contributed by atoms with Crippen LogP contribution in [0.3, 0.4) is 0 Å². The van der Waals surface area contributed by atoms with Crippen molar-refractivity contribution in [2.24, 2.45) is 0 Å². The van der Waals surface area contributed by atoms with Gasteiger partial charge in [-0.25, -0.2) is 8.42 Å². The number of amides is 2. The Labute approximate surface area is 245 Å². The predicted octanol–water partition coefficient (Wildman–Crippen LogP) is 5.85. The average molecular weight is 604 g/mol. The molecule has 0 heterocycles. The van der Waals surface area contributed by atoms with Crippen LogP contribution in [-0.4, -0.2) is 43.3 Å². The number of carbonyl (C=O) groups is 2. The minimum atomic E-state index is -4.74. The molecule has 3 aromatic rings. The molecule has 0 saturated heterocycles. The Hall–Kier alpha value is -3.86. The Morgan fingerprint density at radius 3 is 2.07 bits per heavy atom. The molecule has 0 aromatic heterocycles. The predicted molar refractivity (Wildman–Crippen MR) is 156 cm³/mol. The second-order valence-corrected chi connectivity index (χ2v) is 13.2. The van der Waals surface area contributed by atoms with Gasteiger partial charge in [-0.05, 0) is 77.4 Å². The van der Waals surface area contributed by atoms with E-state index in [0.717, 1.165) is 23.3 Å². The Balaban J connectivity index is 2.10. The molecule has 0 fully saturated rings. The summed E-state index contributed by atoms with van der Waals surface area (Å²) in [4.78, 5) is 28.2. The van der Waals surface area contributed by atoms with Crippen LogP contribution in [-0.2, 0) is 32.3 Å². The molecule has 42 heavy (non-hydrogen) atoms. The zero-order valence-electron chi connectivity index (χ0n) is 24.5. The standard InChI is InChI=1S/C31H36F3N3O4S/c1-21-13-15-27(16-14-21)42(40,41)37(26-12-8-11-25(18-26)31(32,33)34)20-28(38)36(19-24-10-7-9-22(2)17-24)23(3)29(39)35-30(4,5)6/h7-18,23H,19-20H2,1-6H3,(H,35,39)/t23-/m1/s1. The number of nitrogens with one attached hydrogen (secondary N) is 1. The molecule has 0 unspecified atom stereocenters. The third-order valence-electron chi connectivity index (χ3n) is 6.45. The number of carbonyl (C=O) groups excluding carboxylic acids is 2. The summed E-state index contributed by atoms with van der Waals surface area (Å²) >= 11 is 0. The maximum Gasteiger partial charge on any atom is 0.416 e. The number of hydrogen-bond acceptors (Lipinski definition) is 4. The van der Waals surface area contributed by atoms with Gasteiger partial charge in [0.2, 0.25) is 11.8 Å². The van der Waals surface area contributed by atoms with E-state index in [0.29, 0.717) is 15.9 Å². The first-order chi connectivity index (χ1) is 19.4. The molecule has 1 atom stereocenters. The van der Waals surface area contributed by atoms with Gasteiger partial charge in [-0.2, -0.15) is 13.2 Å². The molecular formula is C31H36F3N3O4S. The molecule has 0 bridgehead atoms. The van der Waals surface area contributed by atoms with E-state index in [1.807, 2.05) is 19.1 Å². The average Bonchev–Trinajstić information content (AvgIpc) is 2.88. The number of nitrogens with zero attached hydrogens (tertiary/aromatic N) is 2. The number of benzene rings is 3. The van der Waals surface area contributed by atoms with Crippen LogP contribution in [0.25, 0.3) is 0 Å². The number of hydrogen-bond donors (Lipinski definition) is 1. The summed E-state index contributed by atoms with van der Waals surface area (Å²) in [6.45, 7) is 9.65. The van der Waals surface area contributed by atoms with Gasteiger partial charge >= 0.3 is 6.18 Å². The fourth-order valence-electron chi connectivity index (χ4n) is 4.27. The lowest BCUT2D eigenvalue weighted by atomic mass is 10.1. The molecule has 3 aromatic carbocycles. The zero-order valence-corrected chi connectivity index (χ0v) is 25.3. The van der Waals surface area contributed by atoms with E-state index in [-0.39, 0.29) is 17.1 Å². The summed E-state index contributed by atoms with van der Waals surface area (Å²) in [5.41, 5.74) is 0.387. The summed E-state index contributed by atoms with van der Waals surface area (Å²) in [6.07, 6.45) is -4.74. The first kappa shape index (κ1) is 32.7. The zero-order chi connectivity index (χ0) is 31.5. The Morgan fingerprint density at radius 1 is 0.881 bits per heavy atom. The molecule has 0 radical (unpaired) electrons. The van der Waals surface area contributed by atoms with Gasteiger partial charge in [0, 0.05) is 12.1 Å². The van der Waals surface area contributed by atoms with Crippen molar-refractivity contribution in [2.75, 3.05) is 10.8 Å². The fraction of sp³-hybridized carbons (Fsp3) is 0.355. The molecule has 2 amide bonds. The van der Waals surface area contributed by atoms with Gasteiger partial charge in [0.05, 0.1) is 16.1 Å². The molecule has 1 N–H and O–H groups in total. The molecular weight excluding hydrogens is 567 g/mol. The third-order valence-corrected chi connectivity index (χ3v) is 8.24. The first-order valence-electron chi connectivity index (χ1n) is 13.3. The topological polar surface area (TPSA) is 86.8 Å². The van der Waals surface area contributed by atoms with Crippen LogP contribution in [0.5, 0.6) is 0 Å². The Morgan fingerprint density at radius 2 is 1.50 bits per heavy atom. The highest BCUT2D eigenvalue weighted by Gasteiger charge is 2.35. The van der Waals surface area contributed by atoms with E-state index < -0.39 is 51.7 Å². The monoisotopic (exact) mass is 603 g/mol. The van der Waals surface area contributed by atoms with E-state index in [2.05, 4.69) is 5.32 Å². The Bertz CT molecular complexity index is 1530. The summed E-state index contributed by atoms with van der Waals surface area (Å²) < 4.78 is 69.2. The molecule has 11 heteroatoms. The van der Waals surface area contributed by atoms with Crippen molar-refractivity contribution in [2.45, 2.75) is 70.7 Å². The third kappa shape index (κ3) is 8.34. The molecule has 0 saturated carbocycles. The molecule has 0 spiro atoms. The van der Waals surface area contributed by atoms with Crippen molar-refractivity contribution in [1.29, 1.82) is 0 Å². The molecule has 0 aliphatic rings. The second kappa shape index (κ2) is 12.6. The summed E-state index contributed by atoms with van der Waals surface area (Å²) in [6, 6.07) is 15.8. The number of anilines is 1. The largest absolute Gasteiger partial charge is 0.416 e. The van der Waals surface area contributed by atoms with Crippen LogP contribution in [0.1, 0.15) is 49.9 Å². The summed E-state index contributed by atoms with van der Waals surface area (Å²) in [5, 5.41) is 2.83. The molecule has 3 rings (SSSR count). The van der Waals surface area contributed by atoms with Crippen LogP contribution >= 0.6 is 0 Å². The van der Waals surface area contributed by atoms with Crippen LogP contribution in [0.15, 0.2) is 77.7 Å². The van der Waals surface area contributed by atoms with Gasteiger partial charge in [-0.1, -0.05) is 53.6 Å². The fourth-order valence-corrected chi connectivity index (χ4v) is 5.67. The maximum absolute atomic E-state index is 14.0. The highest BCUT2D eigenvalue weighted by atomic mass is 32.2. The van der Waals surface area contributed by atoms with Crippen molar-refractivity contribution in [3.8, 4) is 0 Å². The summed E-state index contributed by atoms with van der Waals surface area (Å²) in [5.74, 6) is -1.23. The van der Waals surface area contributed by atoms with Gasteiger partial charge in [-0.15, -0.1) is 0 Å². The highest BCUT2D eigenvalue weighted by molar-refractivity contribution is 7.92. The number of aryl methyl sites for hydroxylation is 2. The van der Waals surface area contributed by atoms with Gasteiger partial charge in [0.25, 0.3) is 10.0 Å². The SMILES string of the molecule is Cc1ccc(S(=O)(=O)N(CC(=O)N(Cc2cccc(C)c2)[C@H](C)C(=O)NC(C)(C)C)c2cccc(C(F)(F)F)c2)cc1. The second-order valence-electron chi connectivity index (χ2n) is 11.3. The van der Waals surface area contributed by atoms with Crippen molar-refractivity contribution >= 4 is 27.5 Å². The lowest BCUT2D eigenvalue weighted by Crippen LogP contribution is -2.54. The minimum absolute atomic E-state index is 0.0275. The van der Waals surface area contributed by atoms with Crippen LogP contribution in [0.2, 0.25) is 0 Å². The number of halogens is 3. The smallest absolute Gasteiger partial charge is 0.350 e. The molecule has 7 nitrogen and oxygen atoms in total. The van der Waals surface area contributed by atoms with Crippen LogP contribution < -0.4 is 9.62 Å². The van der Waals surface area contributed by atoms with Crippen molar-refractivity contribution in [3.63, 3.8) is 0 Å². The number of sulfonamides is 1. The van der Waals surface area contributed by atoms with Crippen LogP contribution in [0, 0.1) is 13.8 Å². The van der Waals surface area contributed by atoms with E-state index >= 15 is 0 Å². The van der Waals surface area contributed by atoms with Gasteiger partial charge in [0.15, 0.2) is 0 Å². The molecule has 0 aliphatic heterocycles. The Kier molecular flexibility index (Phi) is 9.77. The van der Waals surface area contributed by atoms with Crippen molar-refractivity contribution < 1.29 is 31.2 Å². The quantitative estimate of drug-likeness (QED) is 0.333. The van der Waals surface area contributed by atoms with Gasteiger partial charge < -0.3 is 10.2 Å². The maximum atomic E-state index is 14.0. The van der Waals surface area contributed by atoms with Gasteiger partial charge in [-0.3, -0.25) is 13.9 Å². The lowest BCUT2D eigenvalue weighted by Gasteiger charge is -2.33. The van der Waals surface area contributed by atoms with E-state index in [1.54, 1.807) is 52.0 Å². The van der Waals surface area contributed by atoms with Gasteiger partial charge in [0.1, 0.15) is 12.6 Å². The summed E-state index contributed by atoms with van der Waals surface area (Å²) in [7, 11) is -4.50. The van der Waals surface area contributed by atoms with Crippen LogP contribution in [0.4, 0.5) is 18.9 Å².